The Morgan fingerprint density at radius 1 is 1.24 bits per heavy atom. The van der Waals surface area contributed by atoms with Crippen molar-refractivity contribution < 1.29 is 19.1 Å². The summed E-state index contributed by atoms with van der Waals surface area (Å²) in [5.41, 5.74) is 1.93. The summed E-state index contributed by atoms with van der Waals surface area (Å²) in [7, 11) is 1.23. The van der Waals surface area contributed by atoms with Crippen molar-refractivity contribution in [3.63, 3.8) is 0 Å². The number of nitrogens with zero attached hydrogens (tertiary/aromatic N) is 2. The van der Waals surface area contributed by atoms with E-state index in [1.807, 2.05) is 24.3 Å². The van der Waals surface area contributed by atoms with Gasteiger partial charge in [0.25, 0.3) is 11.1 Å². The average Bonchev–Trinajstić information content (AvgIpc) is 2.89. The van der Waals surface area contributed by atoms with E-state index in [1.165, 1.54) is 14.0 Å². The first-order valence-corrected chi connectivity index (χ1v) is 8.94. The predicted molar refractivity (Wildman–Crippen MR) is 99.3 cm³/mol. The van der Waals surface area contributed by atoms with Gasteiger partial charge in [-0.2, -0.15) is 0 Å². The van der Waals surface area contributed by atoms with E-state index in [4.69, 9.17) is 0 Å². The van der Waals surface area contributed by atoms with Crippen LogP contribution in [0, 0.1) is 0 Å². The summed E-state index contributed by atoms with van der Waals surface area (Å²) in [6.07, 6.45) is 1.67. The lowest BCUT2D eigenvalue weighted by Crippen LogP contribution is -2.42. The fourth-order valence-corrected chi connectivity index (χ4v) is 3.52. The Kier molecular flexibility index (Phi) is 6.25. The number of rotatable bonds is 6. The number of esters is 1. The van der Waals surface area contributed by atoms with Gasteiger partial charge in [-0.15, -0.1) is 0 Å². The molecule has 0 aromatic heterocycles. The number of carbonyl (C=O) groups is 3. The fourth-order valence-electron chi connectivity index (χ4n) is 2.61. The second kappa shape index (κ2) is 8.20. The van der Waals surface area contributed by atoms with Crippen LogP contribution >= 0.6 is 11.8 Å². The lowest BCUT2D eigenvalue weighted by atomic mass is 10.1. The highest BCUT2D eigenvalue weighted by molar-refractivity contribution is 8.18. The van der Waals surface area contributed by atoms with Gasteiger partial charge in [0.2, 0.25) is 0 Å². The van der Waals surface area contributed by atoms with Crippen molar-refractivity contribution in [1.82, 2.24) is 4.90 Å². The molecule has 0 radical (unpaired) electrons. The van der Waals surface area contributed by atoms with Gasteiger partial charge < -0.3 is 9.64 Å². The molecule has 6 nitrogen and oxygen atoms in total. The molecule has 25 heavy (non-hydrogen) atoms. The van der Waals surface area contributed by atoms with Gasteiger partial charge in [-0.3, -0.25) is 14.5 Å². The van der Waals surface area contributed by atoms with Gasteiger partial charge in [0.1, 0.15) is 6.04 Å². The Labute approximate surface area is 151 Å². The molecule has 1 aliphatic rings. The van der Waals surface area contributed by atoms with Crippen LogP contribution in [0.25, 0.3) is 6.08 Å². The van der Waals surface area contributed by atoms with Crippen LogP contribution in [0.3, 0.4) is 0 Å². The average molecular weight is 362 g/mol. The standard InChI is InChI=1S/C18H22N2O4S/c1-5-19(6-2)14-9-7-13(8-10-14)11-15-16(21)20(18(23)25-15)12(3)17(22)24-4/h7-12H,5-6H2,1-4H3/b15-11-/t12-/m0/s1. The minimum absolute atomic E-state index is 0.302. The maximum absolute atomic E-state index is 12.4. The molecule has 2 amide bonds. The summed E-state index contributed by atoms with van der Waals surface area (Å²) in [4.78, 5) is 39.6. The summed E-state index contributed by atoms with van der Waals surface area (Å²) < 4.78 is 4.61. The summed E-state index contributed by atoms with van der Waals surface area (Å²) >= 11 is 0.833. The smallest absolute Gasteiger partial charge is 0.328 e. The van der Waals surface area contributed by atoms with Gasteiger partial charge in [-0.05, 0) is 56.3 Å². The molecule has 0 bridgehead atoms. The molecule has 0 saturated carbocycles. The maximum Gasteiger partial charge on any atom is 0.328 e. The zero-order valence-corrected chi connectivity index (χ0v) is 15.6. The lowest BCUT2D eigenvalue weighted by Gasteiger charge is -2.20. The Balaban J connectivity index is 2.20. The van der Waals surface area contributed by atoms with E-state index in [2.05, 4.69) is 23.5 Å². The Bertz CT molecular complexity index is 696. The molecule has 0 aliphatic carbocycles. The first-order valence-electron chi connectivity index (χ1n) is 8.12. The molecule has 1 atom stereocenters. The highest BCUT2D eigenvalue weighted by Crippen LogP contribution is 2.34. The Morgan fingerprint density at radius 2 is 1.84 bits per heavy atom. The van der Waals surface area contributed by atoms with E-state index in [-0.39, 0.29) is 0 Å². The van der Waals surface area contributed by atoms with Crippen molar-refractivity contribution >= 4 is 40.6 Å². The van der Waals surface area contributed by atoms with E-state index in [9.17, 15) is 14.4 Å². The molecule has 7 heteroatoms. The summed E-state index contributed by atoms with van der Waals surface area (Å²) in [6.45, 7) is 7.50. The molecule has 134 valence electrons. The molecule has 0 spiro atoms. The van der Waals surface area contributed by atoms with Crippen LogP contribution in [0.2, 0.25) is 0 Å². The number of anilines is 1. The Morgan fingerprint density at radius 3 is 2.36 bits per heavy atom. The quantitative estimate of drug-likeness (QED) is 0.572. The van der Waals surface area contributed by atoms with Crippen LogP contribution in [0.5, 0.6) is 0 Å². The predicted octanol–water partition coefficient (Wildman–Crippen LogP) is 3.13. The lowest BCUT2D eigenvalue weighted by molar-refractivity contribution is -0.148. The minimum atomic E-state index is -0.937. The Hall–Kier alpha value is -2.28. The van der Waals surface area contributed by atoms with Crippen molar-refractivity contribution in [3.8, 4) is 0 Å². The third-order valence-electron chi connectivity index (χ3n) is 4.07. The SMILES string of the molecule is CCN(CC)c1ccc(/C=C2\SC(=O)N([C@@H](C)C(=O)OC)C2=O)cc1. The fraction of sp³-hybridized carbons (Fsp3) is 0.389. The van der Waals surface area contributed by atoms with Gasteiger partial charge in [-0.25, -0.2) is 4.79 Å². The van der Waals surface area contributed by atoms with Crippen molar-refractivity contribution in [2.24, 2.45) is 0 Å². The van der Waals surface area contributed by atoms with Crippen LogP contribution in [-0.2, 0) is 14.3 Å². The molecule has 0 N–H and O–H groups in total. The van der Waals surface area contributed by atoms with E-state index in [0.29, 0.717) is 4.91 Å². The maximum atomic E-state index is 12.4. The number of thioether (sulfide) groups is 1. The van der Waals surface area contributed by atoms with Gasteiger partial charge in [0.15, 0.2) is 0 Å². The normalized spacial score (nSPS) is 17.1. The number of carbonyl (C=O) groups excluding carboxylic acids is 3. The van der Waals surface area contributed by atoms with Crippen LogP contribution in [0.1, 0.15) is 26.3 Å². The van der Waals surface area contributed by atoms with E-state index in [0.717, 1.165) is 41.0 Å². The zero-order chi connectivity index (χ0) is 18.6. The molecule has 1 aromatic rings. The number of hydrogen-bond donors (Lipinski definition) is 0. The highest BCUT2D eigenvalue weighted by atomic mass is 32.2. The number of ether oxygens (including phenoxy) is 1. The van der Waals surface area contributed by atoms with Crippen LogP contribution < -0.4 is 4.90 Å². The van der Waals surface area contributed by atoms with Crippen LogP contribution in [-0.4, -0.2) is 48.3 Å². The third-order valence-corrected chi connectivity index (χ3v) is 4.96. The molecular weight excluding hydrogens is 340 g/mol. The van der Waals surface area contributed by atoms with Gasteiger partial charge >= 0.3 is 5.97 Å². The molecule has 1 heterocycles. The molecule has 1 aromatic carbocycles. The van der Waals surface area contributed by atoms with Crippen LogP contribution in [0.4, 0.5) is 10.5 Å². The van der Waals surface area contributed by atoms with Crippen molar-refractivity contribution in [1.29, 1.82) is 0 Å². The largest absolute Gasteiger partial charge is 0.467 e. The van der Waals surface area contributed by atoms with Gasteiger partial charge in [-0.1, -0.05) is 12.1 Å². The summed E-state index contributed by atoms with van der Waals surface area (Å²) in [6, 6.07) is 6.85. The first kappa shape index (κ1) is 19.1. The van der Waals surface area contributed by atoms with Crippen molar-refractivity contribution in [2.75, 3.05) is 25.1 Å². The number of imide groups is 1. The molecule has 0 unspecified atom stereocenters. The first-order chi connectivity index (χ1) is 11.9. The number of methoxy groups -OCH3 is 1. The minimum Gasteiger partial charge on any atom is -0.467 e. The summed E-state index contributed by atoms with van der Waals surface area (Å²) in [5.74, 6) is -1.09. The second-order valence-electron chi connectivity index (χ2n) is 5.51. The van der Waals surface area contributed by atoms with E-state index < -0.39 is 23.2 Å². The number of benzene rings is 1. The third kappa shape index (κ3) is 4.04. The molecule has 1 saturated heterocycles. The van der Waals surface area contributed by atoms with Gasteiger partial charge in [0.05, 0.1) is 12.0 Å². The van der Waals surface area contributed by atoms with E-state index >= 15 is 0 Å². The second-order valence-corrected chi connectivity index (χ2v) is 6.51. The van der Waals surface area contributed by atoms with Crippen molar-refractivity contribution in [2.45, 2.75) is 26.8 Å². The van der Waals surface area contributed by atoms with Crippen molar-refractivity contribution in [3.05, 3.63) is 34.7 Å². The highest BCUT2D eigenvalue weighted by Gasteiger charge is 2.41. The van der Waals surface area contributed by atoms with Crippen LogP contribution in [0.15, 0.2) is 29.2 Å². The monoisotopic (exact) mass is 362 g/mol. The zero-order valence-electron chi connectivity index (χ0n) is 14.8. The summed E-state index contributed by atoms with van der Waals surface area (Å²) in [5, 5.41) is -0.464. The van der Waals surface area contributed by atoms with Gasteiger partial charge in [0, 0.05) is 18.8 Å². The molecule has 2 rings (SSSR count). The molecule has 1 aliphatic heterocycles. The number of amides is 2. The number of hydrogen-bond acceptors (Lipinski definition) is 6. The van der Waals surface area contributed by atoms with E-state index in [1.54, 1.807) is 6.08 Å². The molecule has 1 fully saturated rings. The topological polar surface area (TPSA) is 66.9 Å². The molecular formula is C18H22N2O4S.